The molecule has 0 bridgehead atoms. The van der Waals surface area contributed by atoms with Crippen molar-refractivity contribution in [2.45, 2.75) is 171 Å². The van der Waals surface area contributed by atoms with E-state index in [0.29, 0.717) is 102 Å². The fourth-order valence-corrected chi connectivity index (χ4v) is 11.4. The molecule has 16 N–H and O–H groups in total. The molecule has 1 unspecified atom stereocenters. The number of amides is 6. The molecule has 1 aliphatic rings. The number of thiocarbonyl (C=S) groups is 1. The molecule has 1 aliphatic heterocycles. The van der Waals surface area contributed by atoms with Gasteiger partial charge in [-0.05, 0) is 119 Å². The standard InChI is InChI=1S/C67H102N12O21S/c80-54(23-14-18-46-16-6-4-7-17-46)69-32-12-5-8-20-51(63(94)95)73-62(93)50(72-56(82)22-9-2-1-3-11-31-68-55(81)24-15-21-52(64(96)97)74-66(100)75-53(65(98)99)29-30-57(83)84)19-10-13-33-70-67(101)71-48-27-25-47(26-28-48)40-49-41-78(44-60(89)90)37-36-76(42-58(85)86)34-35-77(43-59(87)88)38-39-79(49)45-61(91)92/h4,6-7,16-17,25-28,49-53H,1-3,5,8-15,18-24,29-45H2,(H,68,81)(H,69,80)(H,72,82)(H,73,93)(H,83,84)(H,85,86)(H,87,88)(H,89,90)(H,91,92)(H,94,95)(H,96,97)(H,98,99)(H2,70,71,101)(H2,74,75,100)/t49?,50-,51-,52-,53-/m0/s1. The number of carbonyl (C=O) groups excluding carboxylic acids is 5. The predicted molar refractivity (Wildman–Crippen MR) is 372 cm³/mol. The lowest BCUT2D eigenvalue weighted by atomic mass is 10.0. The molecule has 562 valence electrons. The van der Waals surface area contributed by atoms with Gasteiger partial charge in [0.25, 0.3) is 0 Å². The number of hydrogen-bond donors (Lipinski definition) is 16. The van der Waals surface area contributed by atoms with Gasteiger partial charge in [-0.3, -0.25) is 62.8 Å². The highest BCUT2D eigenvalue weighted by atomic mass is 32.1. The van der Waals surface area contributed by atoms with E-state index in [-0.39, 0.29) is 121 Å². The van der Waals surface area contributed by atoms with Gasteiger partial charge >= 0.3 is 53.8 Å². The molecule has 0 aliphatic carbocycles. The number of anilines is 1. The molecule has 2 aromatic rings. The zero-order valence-corrected chi connectivity index (χ0v) is 57.9. The molecule has 1 heterocycles. The van der Waals surface area contributed by atoms with Crippen LogP contribution in [0.4, 0.5) is 10.5 Å². The van der Waals surface area contributed by atoms with Gasteiger partial charge < -0.3 is 83.4 Å². The Balaban J connectivity index is 1.56. The maximum Gasteiger partial charge on any atom is 0.326 e. The first-order valence-electron chi connectivity index (χ1n) is 34.2. The zero-order chi connectivity index (χ0) is 74.5. The van der Waals surface area contributed by atoms with Crippen molar-refractivity contribution in [3.63, 3.8) is 0 Å². The predicted octanol–water partition coefficient (Wildman–Crippen LogP) is 2.07. The molecule has 2 aromatic carbocycles. The lowest BCUT2D eigenvalue weighted by molar-refractivity contribution is -0.142. The van der Waals surface area contributed by atoms with Gasteiger partial charge in [-0.2, -0.15) is 0 Å². The van der Waals surface area contributed by atoms with E-state index in [4.69, 9.17) is 17.3 Å². The Hall–Kier alpha value is -9.12. The number of carboxylic acids is 8. The molecule has 0 radical (unpaired) electrons. The van der Waals surface area contributed by atoms with Gasteiger partial charge in [0, 0.05) is 103 Å². The smallest absolute Gasteiger partial charge is 0.326 e. The summed E-state index contributed by atoms with van der Waals surface area (Å²) in [7, 11) is 0. The van der Waals surface area contributed by atoms with E-state index >= 15 is 0 Å². The van der Waals surface area contributed by atoms with Crippen molar-refractivity contribution in [3.8, 4) is 0 Å². The zero-order valence-electron chi connectivity index (χ0n) is 57.1. The van der Waals surface area contributed by atoms with Crippen molar-refractivity contribution >= 4 is 100 Å². The molecule has 0 saturated carbocycles. The Kier molecular flexibility index (Phi) is 42.1. The Morgan fingerprint density at radius 1 is 0.406 bits per heavy atom. The third kappa shape index (κ3) is 40.7. The van der Waals surface area contributed by atoms with Crippen LogP contribution in [0.15, 0.2) is 54.6 Å². The number of nitrogens with zero attached hydrogens (tertiary/aromatic N) is 4. The van der Waals surface area contributed by atoms with Crippen LogP contribution in [0.1, 0.15) is 140 Å². The Morgan fingerprint density at radius 3 is 1.44 bits per heavy atom. The molecule has 1 fully saturated rings. The summed E-state index contributed by atoms with van der Waals surface area (Å²) in [5.74, 6) is -11.5. The second-order valence-electron chi connectivity index (χ2n) is 24.9. The molecule has 101 heavy (non-hydrogen) atoms. The van der Waals surface area contributed by atoms with Crippen molar-refractivity contribution in [2.75, 3.05) is 96.9 Å². The number of nitrogens with one attached hydrogen (secondary N) is 8. The van der Waals surface area contributed by atoms with Crippen molar-refractivity contribution in [1.29, 1.82) is 0 Å². The first kappa shape index (κ1) is 86.1. The molecule has 34 heteroatoms. The first-order chi connectivity index (χ1) is 48.1. The topological polar surface area (TPSA) is 493 Å². The number of aliphatic carboxylic acids is 8. The summed E-state index contributed by atoms with van der Waals surface area (Å²) in [6, 6.07) is 9.89. The summed E-state index contributed by atoms with van der Waals surface area (Å²) in [6.45, 7) is 0.515. The minimum atomic E-state index is -1.57. The molecule has 6 amide bonds. The van der Waals surface area contributed by atoms with Crippen LogP contribution < -0.4 is 42.5 Å². The van der Waals surface area contributed by atoms with E-state index in [9.17, 15) is 98.1 Å². The van der Waals surface area contributed by atoms with Gasteiger partial charge in [-0.25, -0.2) is 19.2 Å². The number of rotatable bonds is 49. The van der Waals surface area contributed by atoms with E-state index < -0.39 is 122 Å². The SMILES string of the molecule is O=C(O)CC[C@H](NC(=O)N[C@@H](CCCC(=O)NCCCCCCCC(=O)N[C@@H](CCCCNC(=S)Nc1ccc(CC2CN(CC(=O)O)CCN(CC(=O)O)CCN(CC(=O)O)CCN2CC(=O)O)cc1)C(=O)N[C@@H](CCCCCNC(=O)CCCc1ccccc1)C(=O)O)C(=O)O)C(=O)O. The number of unbranched alkanes of at least 4 members (excludes halogenated alkanes) is 7. The van der Waals surface area contributed by atoms with Crippen LogP contribution in [0.3, 0.4) is 0 Å². The van der Waals surface area contributed by atoms with Gasteiger partial charge in [-0.15, -0.1) is 0 Å². The van der Waals surface area contributed by atoms with Crippen LogP contribution in [0, 0.1) is 0 Å². The number of urea groups is 1. The number of hydrogen-bond acceptors (Lipinski definition) is 18. The van der Waals surface area contributed by atoms with Gasteiger partial charge in [0.1, 0.15) is 24.2 Å². The highest BCUT2D eigenvalue weighted by Gasteiger charge is 2.30. The molecule has 0 spiro atoms. The van der Waals surface area contributed by atoms with Crippen LogP contribution in [0.2, 0.25) is 0 Å². The van der Waals surface area contributed by atoms with E-state index in [2.05, 4.69) is 37.2 Å². The Morgan fingerprint density at radius 2 is 0.861 bits per heavy atom. The monoisotopic (exact) mass is 1440 g/mol. The molecule has 3 rings (SSSR count). The third-order valence-corrected chi connectivity index (χ3v) is 16.8. The summed E-state index contributed by atoms with van der Waals surface area (Å²) in [6.07, 6.45) is 6.83. The molecule has 1 saturated heterocycles. The largest absolute Gasteiger partial charge is 0.481 e. The number of carbonyl (C=O) groups is 13. The Labute approximate surface area is 592 Å². The molecular formula is C67H102N12O21S. The van der Waals surface area contributed by atoms with E-state index in [1.807, 2.05) is 35.6 Å². The molecule has 5 atom stereocenters. The summed E-state index contributed by atoms with van der Waals surface area (Å²) < 4.78 is 0. The minimum Gasteiger partial charge on any atom is -0.481 e. The van der Waals surface area contributed by atoms with Crippen LogP contribution in [-0.2, 0) is 70.4 Å². The second kappa shape index (κ2) is 49.4. The van der Waals surface area contributed by atoms with Crippen LogP contribution >= 0.6 is 12.2 Å². The van der Waals surface area contributed by atoms with Crippen LogP contribution in [-0.4, -0.2) is 265 Å². The summed E-state index contributed by atoms with van der Waals surface area (Å²) in [5.41, 5.74) is 2.50. The number of carboxylic acid groups (broad SMARTS) is 8. The molecule has 33 nitrogen and oxygen atoms in total. The highest BCUT2D eigenvalue weighted by Crippen LogP contribution is 2.18. The number of aryl methyl sites for hydroxylation is 1. The van der Waals surface area contributed by atoms with Crippen LogP contribution in [0.25, 0.3) is 0 Å². The molecule has 0 aromatic heterocycles. The van der Waals surface area contributed by atoms with Crippen molar-refractivity contribution in [2.24, 2.45) is 0 Å². The summed E-state index contributed by atoms with van der Waals surface area (Å²) in [5, 5.41) is 98.6. The fraction of sp³-hybridized carbons (Fsp3) is 0.612. The highest BCUT2D eigenvalue weighted by molar-refractivity contribution is 7.80. The van der Waals surface area contributed by atoms with Crippen LogP contribution in [0.5, 0.6) is 0 Å². The van der Waals surface area contributed by atoms with Gasteiger partial charge in [0.15, 0.2) is 5.11 Å². The van der Waals surface area contributed by atoms with E-state index in [1.54, 1.807) is 43.9 Å². The van der Waals surface area contributed by atoms with Crippen molar-refractivity contribution < 1.29 is 103 Å². The fourth-order valence-electron chi connectivity index (χ4n) is 11.2. The van der Waals surface area contributed by atoms with Gasteiger partial charge in [0.2, 0.25) is 23.6 Å². The third-order valence-electron chi connectivity index (χ3n) is 16.6. The van der Waals surface area contributed by atoms with Gasteiger partial charge in [0.05, 0.1) is 26.2 Å². The van der Waals surface area contributed by atoms with Crippen molar-refractivity contribution in [1.82, 2.24) is 56.8 Å². The maximum absolute atomic E-state index is 13.9. The average molecular weight is 1440 g/mol. The summed E-state index contributed by atoms with van der Waals surface area (Å²) in [4.78, 5) is 165. The molecular weight excluding hydrogens is 1340 g/mol. The lowest BCUT2D eigenvalue weighted by Gasteiger charge is -2.37. The quantitative estimate of drug-likeness (QED) is 0.0333. The lowest BCUT2D eigenvalue weighted by Crippen LogP contribution is -2.53. The average Bonchev–Trinajstić information content (AvgIpc) is 0.865. The summed E-state index contributed by atoms with van der Waals surface area (Å²) >= 11 is 5.59. The van der Waals surface area contributed by atoms with E-state index in [1.165, 1.54) is 0 Å². The number of benzene rings is 2. The van der Waals surface area contributed by atoms with E-state index in [0.717, 1.165) is 17.5 Å². The van der Waals surface area contributed by atoms with Crippen molar-refractivity contribution in [3.05, 3.63) is 65.7 Å². The van der Waals surface area contributed by atoms with Gasteiger partial charge in [-0.1, -0.05) is 74.6 Å². The minimum absolute atomic E-state index is 0.0638. The normalized spacial score (nSPS) is 15.3. The maximum atomic E-state index is 13.9. The first-order valence-corrected chi connectivity index (χ1v) is 34.6. The second-order valence-corrected chi connectivity index (χ2v) is 25.3. The Bertz CT molecular complexity index is 2990.